The molecule has 2 aromatic rings. The third kappa shape index (κ3) is 3.92. The number of aromatic nitrogens is 2. The number of hydrogen-bond donors (Lipinski definition) is 0. The van der Waals surface area contributed by atoms with Crippen LogP contribution in [0.25, 0.3) is 0 Å². The molecule has 0 aliphatic heterocycles. The van der Waals surface area contributed by atoms with Gasteiger partial charge in [-0.25, -0.2) is 8.42 Å². The molecule has 1 aromatic heterocycles. The quantitative estimate of drug-likeness (QED) is 0.778. The molecule has 0 amide bonds. The van der Waals surface area contributed by atoms with Crippen LogP contribution in [0, 0.1) is 6.92 Å². The Bertz CT molecular complexity index is 769. The van der Waals surface area contributed by atoms with Gasteiger partial charge in [-0.15, -0.1) is 0 Å². The average Bonchev–Trinajstić information content (AvgIpc) is 2.92. The standard InChI is InChI=1S/C16H23N3O3S/c1-5-19(12-14-10-17-18(4)11-14)23(20,21)15-7-8-16(22-6-2)13(3)9-15/h7-11H,5-6,12H2,1-4H3. The van der Waals surface area contributed by atoms with Gasteiger partial charge in [0.2, 0.25) is 10.0 Å². The fourth-order valence-corrected chi connectivity index (χ4v) is 3.90. The molecule has 126 valence electrons. The summed E-state index contributed by atoms with van der Waals surface area (Å²) in [6.45, 7) is 6.82. The summed E-state index contributed by atoms with van der Waals surface area (Å²) in [4.78, 5) is 0.282. The van der Waals surface area contributed by atoms with Gasteiger partial charge in [-0.3, -0.25) is 4.68 Å². The summed E-state index contributed by atoms with van der Waals surface area (Å²) in [6.07, 6.45) is 3.50. The van der Waals surface area contributed by atoms with Gasteiger partial charge in [0.15, 0.2) is 0 Å². The first kappa shape index (κ1) is 17.5. The number of benzene rings is 1. The Morgan fingerprint density at radius 1 is 1.30 bits per heavy atom. The first-order chi connectivity index (χ1) is 10.9. The fraction of sp³-hybridized carbons (Fsp3) is 0.438. The lowest BCUT2D eigenvalue weighted by Gasteiger charge is -2.20. The predicted molar refractivity (Wildman–Crippen MR) is 88.8 cm³/mol. The van der Waals surface area contributed by atoms with Crippen molar-refractivity contribution in [2.75, 3.05) is 13.2 Å². The minimum atomic E-state index is -3.55. The van der Waals surface area contributed by atoms with Crippen LogP contribution >= 0.6 is 0 Å². The predicted octanol–water partition coefficient (Wildman–Crippen LogP) is 2.34. The lowest BCUT2D eigenvalue weighted by atomic mass is 10.2. The van der Waals surface area contributed by atoms with Crippen LogP contribution in [-0.2, 0) is 23.6 Å². The molecule has 0 fully saturated rings. The zero-order valence-electron chi connectivity index (χ0n) is 14.0. The summed E-state index contributed by atoms with van der Waals surface area (Å²) in [5.74, 6) is 0.710. The van der Waals surface area contributed by atoms with Crippen molar-refractivity contribution in [3.63, 3.8) is 0 Å². The normalized spacial score (nSPS) is 11.9. The van der Waals surface area contributed by atoms with E-state index < -0.39 is 10.0 Å². The second-order valence-corrected chi connectivity index (χ2v) is 7.25. The molecule has 7 heteroatoms. The molecule has 0 aliphatic rings. The first-order valence-electron chi connectivity index (χ1n) is 7.59. The van der Waals surface area contributed by atoms with Crippen molar-refractivity contribution in [1.29, 1.82) is 0 Å². The van der Waals surface area contributed by atoms with Crippen molar-refractivity contribution in [2.24, 2.45) is 7.05 Å². The van der Waals surface area contributed by atoms with Gasteiger partial charge >= 0.3 is 0 Å². The summed E-state index contributed by atoms with van der Waals surface area (Å²) in [5, 5.41) is 4.08. The van der Waals surface area contributed by atoms with Gasteiger partial charge in [-0.2, -0.15) is 9.40 Å². The Kier molecular flexibility index (Phi) is 5.43. The zero-order chi connectivity index (χ0) is 17.0. The minimum absolute atomic E-state index is 0.282. The second kappa shape index (κ2) is 7.14. The number of rotatable bonds is 7. The Morgan fingerprint density at radius 2 is 2.04 bits per heavy atom. The number of aryl methyl sites for hydroxylation is 2. The minimum Gasteiger partial charge on any atom is -0.494 e. The molecule has 2 rings (SSSR count). The van der Waals surface area contributed by atoms with E-state index in [0.717, 1.165) is 11.1 Å². The Labute approximate surface area is 137 Å². The van der Waals surface area contributed by atoms with E-state index >= 15 is 0 Å². The molecule has 0 aliphatic carbocycles. The van der Waals surface area contributed by atoms with E-state index in [0.29, 0.717) is 25.4 Å². The zero-order valence-corrected chi connectivity index (χ0v) is 14.8. The lowest BCUT2D eigenvalue weighted by Crippen LogP contribution is -2.30. The lowest BCUT2D eigenvalue weighted by molar-refractivity contribution is 0.337. The molecule has 0 atom stereocenters. The second-order valence-electron chi connectivity index (χ2n) is 5.31. The van der Waals surface area contributed by atoms with Gasteiger partial charge in [0.1, 0.15) is 5.75 Å². The molecule has 0 radical (unpaired) electrons. The smallest absolute Gasteiger partial charge is 0.243 e. The van der Waals surface area contributed by atoms with E-state index in [9.17, 15) is 8.42 Å². The van der Waals surface area contributed by atoms with Gasteiger partial charge in [-0.1, -0.05) is 6.92 Å². The van der Waals surface area contributed by atoms with E-state index in [1.54, 1.807) is 29.1 Å². The van der Waals surface area contributed by atoms with E-state index in [2.05, 4.69) is 5.10 Å². The Balaban J connectivity index is 2.29. The fourth-order valence-electron chi connectivity index (χ4n) is 2.37. The maximum Gasteiger partial charge on any atom is 0.243 e. The van der Waals surface area contributed by atoms with Crippen molar-refractivity contribution >= 4 is 10.0 Å². The number of sulfonamides is 1. The maximum absolute atomic E-state index is 12.9. The van der Waals surface area contributed by atoms with E-state index in [1.807, 2.05) is 34.0 Å². The van der Waals surface area contributed by atoms with Crippen LogP contribution in [0.5, 0.6) is 5.75 Å². The maximum atomic E-state index is 12.9. The number of nitrogens with zero attached hydrogens (tertiary/aromatic N) is 3. The van der Waals surface area contributed by atoms with Crippen LogP contribution in [0.1, 0.15) is 25.0 Å². The highest BCUT2D eigenvalue weighted by molar-refractivity contribution is 7.89. The molecule has 0 spiro atoms. The highest BCUT2D eigenvalue weighted by atomic mass is 32.2. The van der Waals surface area contributed by atoms with Crippen LogP contribution in [0.3, 0.4) is 0 Å². The van der Waals surface area contributed by atoms with E-state index in [1.165, 1.54) is 4.31 Å². The average molecular weight is 337 g/mol. The molecular formula is C16H23N3O3S. The summed E-state index contributed by atoms with van der Waals surface area (Å²) in [7, 11) is -1.74. The molecular weight excluding hydrogens is 314 g/mol. The SMILES string of the molecule is CCOc1ccc(S(=O)(=O)N(CC)Cc2cnn(C)c2)cc1C. The van der Waals surface area contributed by atoms with Gasteiger partial charge in [-0.05, 0) is 37.6 Å². The Hall–Kier alpha value is -1.86. The first-order valence-corrected chi connectivity index (χ1v) is 9.03. The van der Waals surface area contributed by atoms with Gasteiger partial charge < -0.3 is 4.74 Å². The van der Waals surface area contributed by atoms with E-state index in [4.69, 9.17) is 4.74 Å². The number of ether oxygens (including phenoxy) is 1. The van der Waals surface area contributed by atoms with Crippen LogP contribution < -0.4 is 4.74 Å². The molecule has 0 bridgehead atoms. The third-order valence-corrected chi connectivity index (χ3v) is 5.47. The topological polar surface area (TPSA) is 64.4 Å². The van der Waals surface area contributed by atoms with E-state index in [-0.39, 0.29) is 4.90 Å². The van der Waals surface area contributed by atoms with Crippen molar-refractivity contribution in [3.8, 4) is 5.75 Å². The monoisotopic (exact) mass is 337 g/mol. The molecule has 1 aromatic carbocycles. The van der Waals surface area contributed by atoms with Gasteiger partial charge in [0.05, 0.1) is 17.7 Å². The molecule has 23 heavy (non-hydrogen) atoms. The van der Waals surface area contributed by atoms with Crippen LogP contribution in [0.15, 0.2) is 35.5 Å². The molecule has 0 saturated carbocycles. The third-order valence-electron chi connectivity index (χ3n) is 3.55. The molecule has 0 unspecified atom stereocenters. The summed E-state index contributed by atoms with van der Waals surface area (Å²) in [6, 6.07) is 4.97. The van der Waals surface area contributed by atoms with Crippen LogP contribution in [0.2, 0.25) is 0 Å². The van der Waals surface area contributed by atoms with Crippen molar-refractivity contribution in [2.45, 2.75) is 32.2 Å². The molecule has 0 saturated heterocycles. The summed E-state index contributed by atoms with van der Waals surface area (Å²) < 4.78 is 34.3. The van der Waals surface area contributed by atoms with Crippen molar-refractivity contribution in [3.05, 3.63) is 41.7 Å². The van der Waals surface area contributed by atoms with Gasteiger partial charge in [0.25, 0.3) is 0 Å². The summed E-state index contributed by atoms with van der Waals surface area (Å²) >= 11 is 0. The van der Waals surface area contributed by atoms with Gasteiger partial charge in [0, 0.05) is 31.9 Å². The molecule has 1 heterocycles. The highest BCUT2D eigenvalue weighted by Crippen LogP contribution is 2.24. The Morgan fingerprint density at radius 3 is 2.57 bits per heavy atom. The molecule has 6 nitrogen and oxygen atoms in total. The van der Waals surface area contributed by atoms with Crippen molar-refractivity contribution < 1.29 is 13.2 Å². The van der Waals surface area contributed by atoms with Crippen LogP contribution in [-0.4, -0.2) is 35.7 Å². The summed E-state index contributed by atoms with van der Waals surface area (Å²) in [5.41, 5.74) is 1.67. The van der Waals surface area contributed by atoms with Crippen molar-refractivity contribution in [1.82, 2.24) is 14.1 Å². The number of hydrogen-bond acceptors (Lipinski definition) is 4. The highest BCUT2D eigenvalue weighted by Gasteiger charge is 2.24. The largest absolute Gasteiger partial charge is 0.494 e. The molecule has 0 N–H and O–H groups in total. The van der Waals surface area contributed by atoms with Crippen LogP contribution in [0.4, 0.5) is 0 Å².